The largest absolute Gasteiger partial charge is 0.329 e. The van der Waals surface area contributed by atoms with Gasteiger partial charge in [0.25, 0.3) is 0 Å². The second-order valence-electron chi connectivity index (χ2n) is 3.98. The number of rotatable bonds is 3. The van der Waals surface area contributed by atoms with Gasteiger partial charge in [0.1, 0.15) is 0 Å². The van der Waals surface area contributed by atoms with Gasteiger partial charge >= 0.3 is 0 Å². The lowest BCUT2D eigenvalue weighted by molar-refractivity contribution is 0.244. The van der Waals surface area contributed by atoms with E-state index in [1.165, 1.54) is 18.6 Å². The van der Waals surface area contributed by atoms with Crippen molar-refractivity contribution in [1.29, 1.82) is 0 Å². The SMILES string of the molecule is CN(C)C(CN)C1(C)CCCS1. The summed E-state index contributed by atoms with van der Waals surface area (Å²) in [6.45, 7) is 3.12. The van der Waals surface area contributed by atoms with Crippen molar-refractivity contribution in [2.75, 3.05) is 26.4 Å². The molecule has 0 spiro atoms. The van der Waals surface area contributed by atoms with Crippen LogP contribution in [0.3, 0.4) is 0 Å². The third-order valence-electron chi connectivity index (χ3n) is 2.80. The van der Waals surface area contributed by atoms with E-state index in [2.05, 4.69) is 37.7 Å². The van der Waals surface area contributed by atoms with Gasteiger partial charge < -0.3 is 10.6 Å². The quantitative estimate of drug-likeness (QED) is 0.721. The van der Waals surface area contributed by atoms with Gasteiger partial charge in [-0.2, -0.15) is 11.8 Å². The highest BCUT2D eigenvalue weighted by molar-refractivity contribution is 8.00. The van der Waals surface area contributed by atoms with Crippen LogP contribution in [0.2, 0.25) is 0 Å². The first-order chi connectivity index (χ1) is 5.60. The summed E-state index contributed by atoms with van der Waals surface area (Å²) in [6.07, 6.45) is 2.67. The average Bonchev–Trinajstić information content (AvgIpc) is 2.37. The predicted octanol–water partition coefficient (Wildman–Crippen LogP) is 1.16. The van der Waals surface area contributed by atoms with Crippen LogP contribution in [0.4, 0.5) is 0 Å². The summed E-state index contributed by atoms with van der Waals surface area (Å²) in [5.41, 5.74) is 5.78. The number of thioether (sulfide) groups is 1. The lowest BCUT2D eigenvalue weighted by Gasteiger charge is -2.37. The molecule has 0 aliphatic carbocycles. The molecule has 72 valence electrons. The van der Waals surface area contributed by atoms with Crippen LogP contribution in [0, 0.1) is 0 Å². The summed E-state index contributed by atoms with van der Waals surface area (Å²) in [5.74, 6) is 1.31. The first kappa shape index (κ1) is 10.4. The molecule has 0 amide bonds. The molecule has 1 fully saturated rings. The normalized spacial score (nSPS) is 32.8. The van der Waals surface area contributed by atoms with Crippen LogP contribution in [-0.2, 0) is 0 Å². The number of likely N-dealkylation sites (N-methyl/N-ethyl adjacent to an activating group) is 1. The third-order valence-corrected chi connectivity index (χ3v) is 4.43. The Morgan fingerprint density at radius 3 is 2.58 bits per heavy atom. The molecular formula is C9H20N2S. The zero-order chi connectivity index (χ0) is 9.19. The van der Waals surface area contributed by atoms with Crippen LogP contribution in [0.15, 0.2) is 0 Å². The molecule has 0 radical (unpaired) electrons. The third kappa shape index (κ3) is 1.95. The Bertz CT molecular complexity index is 141. The van der Waals surface area contributed by atoms with Crippen molar-refractivity contribution < 1.29 is 0 Å². The van der Waals surface area contributed by atoms with E-state index in [1.807, 2.05) is 0 Å². The smallest absolute Gasteiger partial charge is 0.0356 e. The summed E-state index contributed by atoms with van der Waals surface area (Å²) in [4.78, 5) is 2.26. The summed E-state index contributed by atoms with van der Waals surface area (Å²) in [6, 6.07) is 0.532. The van der Waals surface area contributed by atoms with Crippen molar-refractivity contribution in [2.24, 2.45) is 5.73 Å². The maximum absolute atomic E-state index is 5.78. The highest BCUT2D eigenvalue weighted by Gasteiger charge is 2.37. The van der Waals surface area contributed by atoms with Crippen LogP contribution in [0.5, 0.6) is 0 Å². The van der Waals surface area contributed by atoms with Crippen LogP contribution in [0.1, 0.15) is 19.8 Å². The molecule has 1 saturated heterocycles. The van der Waals surface area contributed by atoms with Gasteiger partial charge in [-0.3, -0.25) is 0 Å². The minimum atomic E-state index is 0.401. The van der Waals surface area contributed by atoms with E-state index < -0.39 is 0 Å². The molecule has 12 heavy (non-hydrogen) atoms. The first-order valence-corrected chi connectivity index (χ1v) is 5.59. The highest BCUT2D eigenvalue weighted by Crippen LogP contribution is 2.41. The fourth-order valence-corrected chi connectivity index (χ4v) is 3.61. The molecule has 2 atom stereocenters. The lowest BCUT2D eigenvalue weighted by Crippen LogP contribution is -2.49. The molecule has 1 aliphatic rings. The van der Waals surface area contributed by atoms with E-state index in [4.69, 9.17) is 5.73 Å². The minimum absolute atomic E-state index is 0.401. The zero-order valence-electron chi connectivity index (χ0n) is 8.34. The maximum Gasteiger partial charge on any atom is 0.0356 e. The molecule has 2 nitrogen and oxygen atoms in total. The summed E-state index contributed by atoms with van der Waals surface area (Å²) in [5, 5.41) is 0. The molecule has 2 N–H and O–H groups in total. The Morgan fingerprint density at radius 1 is 1.58 bits per heavy atom. The predicted molar refractivity (Wildman–Crippen MR) is 56.6 cm³/mol. The molecule has 0 aromatic heterocycles. The van der Waals surface area contributed by atoms with Crippen LogP contribution < -0.4 is 5.73 Å². The van der Waals surface area contributed by atoms with Gasteiger partial charge in [-0.1, -0.05) is 0 Å². The first-order valence-electron chi connectivity index (χ1n) is 4.60. The van der Waals surface area contributed by atoms with Gasteiger partial charge in [0.15, 0.2) is 0 Å². The summed E-state index contributed by atoms with van der Waals surface area (Å²) >= 11 is 2.08. The molecule has 0 saturated carbocycles. The molecule has 0 bridgehead atoms. The van der Waals surface area contributed by atoms with Gasteiger partial charge in [0.2, 0.25) is 0 Å². The Kier molecular flexibility index (Phi) is 3.44. The van der Waals surface area contributed by atoms with Crippen molar-refractivity contribution in [2.45, 2.75) is 30.6 Å². The molecule has 2 unspecified atom stereocenters. The molecule has 1 rings (SSSR count). The molecule has 3 heteroatoms. The van der Waals surface area contributed by atoms with Gasteiger partial charge in [0, 0.05) is 17.3 Å². The maximum atomic E-state index is 5.78. The van der Waals surface area contributed by atoms with E-state index in [9.17, 15) is 0 Å². The number of hydrogen-bond donors (Lipinski definition) is 1. The fraction of sp³-hybridized carbons (Fsp3) is 1.00. The fourth-order valence-electron chi connectivity index (χ4n) is 2.07. The Morgan fingerprint density at radius 2 is 2.25 bits per heavy atom. The Labute approximate surface area is 79.9 Å². The van der Waals surface area contributed by atoms with Crippen molar-refractivity contribution in [3.63, 3.8) is 0 Å². The van der Waals surface area contributed by atoms with Crippen molar-refractivity contribution in [3.8, 4) is 0 Å². The molecule has 0 aromatic carbocycles. The Balaban J connectivity index is 2.62. The van der Waals surface area contributed by atoms with Gasteiger partial charge in [-0.05, 0) is 39.6 Å². The minimum Gasteiger partial charge on any atom is -0.329 e. The zero-order valence-corrected chi connectivity index (χ0v) is 9.16. The van der Waals surface area contributed by atoms with Crippen LogP contribution in [-0.4, -0.2) is 42.1 Å². The highest BCUT2D eigenvalue weighted by atomic mass is 32.2. The number of nitrogens with two attached hydrogens (primary N) is 1. The molecule has 0 aromatic rings. The van der Waals surface area contributed by atoms with Gasteiger partial charge in [-0.25, -0.2) is 0 Å². The van der Waals surface area contributed by atoms with Gasteiger partial charge in [0.05, 0.1) is 0 Å². The van der Waals surface area contributed by atoms with Crippen molar-refractivity contribution in [3.05, 3.63) is 0 Å². The van der Waals surface area contributed by atoms with E-state index in [-0.39, 0.29) is 0 Å². The van der Waals surface area contributed by atoms with Gasteiger partial charge in [-0.15, -0.1) is 0 Å². The molecule has 1 aliphatic heterocycles. The van der Waals surface area contributed by atoms with E-state index in [0.29, 0.717) is 10.8 Å². The number of hydrogen-bond acceptors (Lipinski definition) is 3. The average molecular weight is 188 g/mol. The lowest BCUT2D eigenvalue weighted by atomic mass is 9.95. The van der Waals surface area contributed by atoms with Crippen LogP contribution in [0.25, 0.3) is 0 Å². The Hall–Kier alpha value is 0.270. The topological polar surface area (TPSA) is 29.3 Å². The van der Waals surface area contributed by atoms with E-state index in [0.717, 1.165) is 6.54 Å². The van der Waals surface area contributed by atoms with Crippen molar-refractivity contribution >= 4 is 11.8 Å². The molecule has 1 heterocycles. The summed E-state index contributed by atoms with van der Waals surface area (Å²) < 4.78 is 0.401. The van der Waals surface area contributed by atoms with E-state index >= 15 is 0 Å². The second kappa shape index (κ2) is 3.99. The van der Waals surface area contributed by atoms with Crippen molar-refractivity contribution in [1.82, 2.24) is 4.90 Å². The summed E-state index contributed by atoms with van der Waals surface area (Å²) in [7, 11) is 4.25. The second-order valence-corrected chi connectivity index (χ2v) is 5.61. The number of nitrogens with zero attached hydrogens (tertiary/aromatic N) is 1. The van der Waals surface area contributed by atoms with Crippen LogP contribution >= 0.6 is 11.8 Å². The standard InChI is InChI=1S/C9H20N2S/c1-9(5-4-6-12-9)8(7-10)11(2)3/h8H,4-7,10H2,1-3H3. The monoisotopic (exact) mass is 188 g/mol. The molecular weight excluding hydrogens is 168 g/mol. The van der Waals surface area contributed by atoms with E-state index in [1.54, 1.807) is 0 Å².